The molecular formula is C15H23N3O2S. The van der Waals surface area contributed by atoms with Crippen LogP contribution >= 0.6 is 11.8 Å². The van der Waals surface area contributed by atoms with Crippen molar-refractivity contribution in [1.29, 1.82) is 0 Å². The van der Waals surface area contributed by atoms with E-state index in [0.717, 1.165) is 24.4 Å². The SMILES string of the molecule is CCNc1ccc(CN2CCSC(C)C2C)cc1[N+](=O)[O-]. The van der Waals surface area contributed by atoms with E-state index in [0.29, 0.717) is 23.5 Å². The molecular weight excluding hydrogens is 286 g/mol. The minimum atomic E-state index is -0.306. The van der Waals surface area contributed by atoms with Crippen LogP contribution in [0, 0.1) is 10.1 Å². The first-order valence-corrected chi connectivity index (χ1v) is 8.44. The van der Waals surface area contributed by atoms with Gasteiger partial charge in [-0.3, -0.25) is 15.0 Å². The first-order chi connectivity index (χ1) is 10.0. The molecule has 1 N–H and O–H groups in total. The van der Waals surface area contributed by atoms with Crippen LogP contribution in [0.5, 0.6) is 0 Å². The predicted octanol–water partition coefficient (Wildman–Crippen LogP) is 3.35. The van der Waals surface area contributed by atoms with E-state index in [4.69, 9.17) is 0 Å². The van der Waals surface area contributed by atoms with Crippen LogP contribution in [0.1, 0.15) is 26.3 Å². The molecule has 1 saturated heterocycles. The van der Waals surface area contributed by atoms with Gasteiger partial charge in [0, 0.05) is 42.7 Å². The first kappa shape index (κ1) is 16.1. The van der Waals surface area contributed by atoms with E-state index in [2.05, 4.69) is 24.1 Å². The van der Waals surface area contributed by atoms with E-state index >= 15 is 0 Å². The molecule has 2 unspecified atom stereocenters. The number of rotatable bonds is 5. The Labute approximate surface area is 130 Å². The topological polar surface area (TPSA) is 58.4 Å². The molecule has 0 aliphatic carbocycles. The Hall–Kier alpha value is -1.27. The van der Waals surface area contributed by atoms with Crippen molar-refractivity contribution in [3.63, 3.8) is 0 Å². The lowest BCUT2D eigenvalue weighted by Gasteiger charge is -2.37. The van der Waals surface area contributed by atoms with Crippen LogP contribution < -0.4 is 5.32 Å². The van der Waals surface area contributed by atoms with Gasteiger partial charge in [0.2, 0.25) is 0 Å². The third kappa shape index (κ3) is 3.89. The average molecular weight is 309 g/mol. The highest BCUT2D eigenvalue weighted by molar-refractivity contribution is 8.00. The van der Waals surface area contributed by atoms with Crippen LogP contribution in [0.25, 0.3) is 0 Å². The Kier molecular flexibility index (Phi) is 5.47. The molecule has 1 heterocycles. The minimum Gasteiger partial charge on any atom is -0.380 e. The molecule has 1 aromatic carbocycles. The van der Waals surface area contributed by atoms with Crippen molar-refractivity contribution in [2.45, 2.75) is 38.6 Å². The van der Waals surface area contributed by atoms with Gasteiger partial charge in [-0.1, -0.05) is 13.0 Å². The highest BCUT2D eigenvalue weighted by atomic mass is 32.2. The molecule has 0 bridgehead atoms. The average Bonchev–Trinajstić information content (AvgIpc) is 2.45. The monoisotopic (exact) mass is 309 g/mol. The fraction of sp³-hybridized carbons (Fsp3) is 0.600. The number of benzene rings is 1. The summed E-state index contributed by atoms with van der Waals surface area (Å²) < 4.78 is 0. The van der Waals surface area contributed by atoms with Gasteiger partial charge in [0.1, 0.15) is 5.69 Å². The van der Waals surface area contributed by atoms with Crippen molar-refractivity contribution in [2.24, 2.45) is 0 Å². The summed E-state index contributed by atoms with van der Waals surface area (Å²) in [6, 6.07) is 6.02. The number of thioether (sulfide) groups is 1. The molecule has 1 aliphatic heterocycles. The summed E-state index contributed by atoms with van der Waals surface area (Å²) >= 11 is 2.00. The number of hydrogen-bond acceptors (Lipinski definition) is 5. The normalized spacial score (nSPS) is 23.0. The molecule has 0 amide bonds. The Bertz CT molecular complexity index is 510. The quantitative estimate of drug-likeness (QED) is 0.667. The molecule has 6 heteroatoms. The summed E-state index contributed by atoms with van der Waals surface area (Å²) in [4.78, 5) is 13.3. The Morgan fingerprint density at radius 2 is 2.24 bits per heavy atom. The summed E-state index contributed by atoms with van der Waals surface area (Å²) in [7, 11) is 0. The molecule has 1 aromatic rings. The Balaban J connectivity index is 2.16. The standard InChI is InChI=1S/C15H23N3O2S/c1-4-16-14-6-5-13(9-15(14)18(19)20)10-17-7-8-21-12(3)11(17)2/h5-6,9,11-12,16H,4,7-8,10H2,1-3H3. The number of anilines is 1. The minimum absolute atomic E-state index is 0.168. The zero-order valence-electron chi connectivity index (χ0n) is 12.8. The van der Waals surface area contributed by atoms with Crippen molar-refractivity contribution < 1.29 is 4.92 Å². The van der Waals surface area contributed by atoms with Gasteiger partial charge in [0.15, 0.2) is 0 Å². The van der Waals surface area contributed by atoms with Crippen molar-refractivity contribution in [3.05, 3.63) is 33.9 Å². The molecule has 21 heavy (non-hydrogen) atoms. The number of nitrogens with zero attached hydrogens (tertiary/aromatic N) is 2. The fourth-order valence-corrected chi connectivity index (χ4v) is 3.78. The zero-order valence-corrected chi connectivity index (χ0v) is 13.7. The van der Waals surface area contributed by atoms with Crippen molar-refractivity contribution in [3.8, 4) is 0 Å². The van der Waals surface area contributed by atoms with Gasteiger partial charge < -0.3 is 5.32 Å². The van der Waals surface area contributed by atoms with E-state index in [1.54, 1.807) is 6.07 Å². The largest absolute Gasteiger partial charge is 0.380 e. The summed E-state index contributed by atoms with van der Waals surface area (Å²) in [5.41, 5.74) is 1.78. The van der Waals surface area contributed by atoms with Crippen LogP contribution in [0.4, 0.5) is 11.4 Å². The van der Waals surface area contributed by atoms with Gasteiger partial charge >= 0.3 is 0 Å². The summed E-state index contributed by atoms with van der Waals surface area (Å²) in [5, 5.41) is 14.9. The summed E-state index contributed by atoms with van der Waals surface area (Å²) in [6.07, 6.45) is 0. The van der Waals surface area contributed by atoms with E-state index in [1.165, 1.54) is 0 Å². The highest BCUT2D eigenvalue weighted by Crippen LogP contribution is 2.29. The lowest BCUT2D eigenvalue weighted by Crippen LogP contribution is -2.43. The van der Waals surface area contributed by atoms with E-state index in [1.807, 2.05) is 30.8 Å². The second-order valence-corrected chi connectivity index (χ2v) is 6.91. The van der Waals surface area contributed by atoms with Crippen molar-refractivity contribution in [2.75, 3.05) is 24.2 Å². The Morgan fingerprint density at radius 1 is 1.48 bits per heavy atom. The Morgan fingerprint density at radius 3 is 2.90 bits per heavy atom. The van der Waals surface area contributed by atoms with E-state index < -0.39 is 0 Å². The lowest BCUT2D eigenvalue weighted by atomic mass is 10.1. The first-order valence-electron chi connectivity index (χ1n) is 7.39. The smallest absolute Gasteiger partial charge is 0.292 e. The molecule has 5 nitrogen and oxygen atoms in total. The lowest BCUT2D eigenvalue weighted by molar-refractivity contribution is -0.384. The second kappa shape index (κ2) is 7.13. The molecule has 2 atom stereocenters. The fourth-order valence-electron chi connectivity index (χ4n) is 2.62. The van der Waals surface area contributed by atoms with Crippen LogP contribution in [-0.2, 0) is 6.54 Å². The molecule has 116 valence electrons. The van der Waals surface area contributed by atoms with Crippen LogP contribution in [-0.4, -0.2) is 40.0 Å². The molecule has 1 fully saturated rings. The number of nitro benzene ring substituents is 1. The molecule has 1 aliphatic rings. The van der Waals surface area contributed by atoms with Gasteiger partial charge in [-0.25, -0.2) is 0 Å². The molecule has 0 radical (unpaired) electrons. The van der Waals surface area contributed by atoms with Crippen molar-refractivity contribution >= 4 is 23.1 Å². The maximum atomic E-state index is 11.2. The number of nitrogens with one attached hydrogen (secondary N) is 1. The zero-order chi connectivity index (χ0) is 15.4. The van der Waals surface area contributed by atoms with Gasteiger partial charge in [-0.05, 0) is 25.5 Å². The molecule has 0 spiro atoms. The summed E-state index contributed by atoms with van der Waals surface area (Å²) in [5.74, 6) is 1.13. The van der Waals surface area contributed by atoms with Crippen LogP contribution in [0.2, 0.25) is 0 Å². The van der Waals surface area contributed by atoms with Crippen LogP contribution in [0.15, 0.2) is 18.2 Å². The third-order valence-corrected chi connectivity index (χ3v) is 5.36. The predicted molar refractivity (Wildman–Crippen MR) is 89.1 cm³/mol. The molecule has 2 rings (SSSR count). The van der Waals surface area contributed by atoms with Crippen LogP contribution in [0.3, 0.4) is 0 Å². The van der Waals surface area contributed by atoms with E-state index in [9.17, 15) is 10.1 Å². The maximum absolute atomic E-state index is 11.2. The number of nitro groups is 1. The van der Waals surface area contributed by atoms with Gasteiger partial charge in [-0.15, -0.1) is 0 Å². The summed E-state index contributed by atoms with van der Waals surface area (Å²) in [6.45, 7) is 8.92. The van der Waals surface area contributed by atoms with E-state index in [-0.39, 0.29) is 10.6 Å². The van der Waals surface area contributed by atoms with Gasteiger partial charge in [0.25, 0.3) is 5.69 Å². The molecule has 0 aromatic heterocycles. The van der Waals surface area contributed by atoms with Gasteiger partial charge in [0.05, 0.1) is 4.92 Å². The third-order valence-electron chi connectivity index (χ3n) is 4.03. The van der Waals surface area contributed by atoms with Gasteiger partial charge in [-0.2, -0.15) is 11.8 Å². The van der Waals surface area contributed by atoms with Crippen molar-refractivity contribution in [1.82, 2.24) is 4.90 Å². The number of hydrogen-bond donors (Lipinski definition) is 1. The maximum Gasteiger partial charge on any atom is 0.292 e. The highest BCUT2D eigenvalue weighted by Gasteiger charge is 2.25. The molecule has 0 saturated carbocycles. The second-order valence-electron chi connectivity index (χ2n) is 5.43.